The number of H-pyrrole nitrogens is 1. The van der Waals surface area contributed by atoms with Crippen LogP contribution in [0.4, 0.5) is 0 Å². The van der Waals surface area contributed by atoms with Crippen LogP contribution >= 0.6 is 0 Å². The molecule has 0 saturated carbocycles. The molecule has 0 saturated heterocycles. The third kappa shape index (κ3) is 1.95. The SMILES string of the molecule is COc1ccc2c3c([nH]c2c1)C(C[N+](=O)[O-])=NCC3. The van der Waals surface area contributed by atoms with Crippen molar-refractivity contribution < 1.29 is 9.66 Å². The molecule has 0 aliphatic carbocycles. The molecule has 3 rings (SSSR count). The minimum absolute atomic E-state index is 0.239. The van der Waals surface area contributed by atoms with E-state index in [0.717, 1.165) is 34.3 Å². The predicted molar refractivity (Wildman–Crippen MR) is 71.8 cm³/mol. The summed E-state index contributed by atoms with van der Waals surface area (Å²) in [5, 5.41) is 11.8. The van der Waals surface area contributed by atoms with Crippen LogP contribution in [0.25, 0.3) is 10.9 Å². The van der Waals surface area contributed by atoms with Gasteiger partial charge in [-0.05, 0) is 24.1 Å². The minimum Gasteiger partial charge on any atom is -0.497 e. The Balaban J connectivity index is 2.13. The number of nitrogens with zero attached hydrogens (tertiary/aromatic N) is 2. The zero-order valence-electron chi connectivity index (χ0n) is 10.5. The fraction of sp³-hybridized carbons (Fsp3) is 0.308. The molecule has 0 radical (unpaired) electrons. The van der Waals surface area contributed by atoms with Gasteiger partial charge in [-0.3, -0.25) is 15.1 Å². The summed E-state index contributed by atoms with van der Waals surface area (Å²) >= 11 is 0. The van der Waals surface area contributed by atoms with E-state index in [9.17, 15) is 10.1 Å². The molecule has 1 aliphatic heterocycles. The number of aromatic nitrogens is 1. The standard InChI is InChI=1S/C13H13N3O3/c1-19-8-2-3-9-10-4-5-14-12(7-16(17)18)13(10)15-11(9)6-8/h2-3,6,15H,4-5,7H2,1H3. The van der Waals surface area contributed by atoms with Gasteiger partial charge in [0.1, 0.15) is 11.5 Å². The summed E-state index contributed by atoms with van der Waals surface area (Å²) in [4.78, 5) is 17.8. The normalized spacial score (nSPS) is 14.1. The predicted octanol–water partition coefficient (Wildman–Crippen LogP) is 1.80. The molecule has 0 atom stereocenters. The van der Waals surface area contributed by atoms with Gasteiger partial charge in [0, 0.05) is 28.4 Å². The lowest BCUT2D eigenvalue weighted by atomic mass is 10.0. The lowest BCUT2D eigenvalue weighted by Gasteiger charge is -2.10. The highest BCUT2D eigenvalue weighted by atomic mass is 16.6. The fourth-order valence-corrected chi connectivity index (χ4v) is 2.50. The first-order valence-corrected chi connectivity index (χ1v) is 6.03. The number of methoxy groups -OCH3 is 1. The average Bonchev–Trinajstić information content (AvgIpc) is 2.77. The van der Waals surface area contributed by atoms with Crippen molar-refractivity contribution in [2.45, 2.75) is 6.42 Å². The van der Waals surface area contributed by atoms with E-state index >= 15 is 0 Å². The van der Waals surface area contributed by atoms with Crippen LogP contribution in [0.2, 0.25) is 0 Å². The summed E-state index contributed by atoms with van der Waals surface area (Å²) in [5.74, 6) is 0.763. The van der Waals surface area contributed by atoms with Gasteiger partial charge in [-0.1, -0.05) is 0 Å². The smallest absolute Gasteiger partial charge is 0.247 e. The van der Waals surface area contributed by atoms with Gasteiger partial charge in [-0.15, -0.1) is 0 Å². The number of benzene rings is 1. The second kappa shape index (κ2) is 4.38. The molecule has 0 unspecified atom stereocenters. The van der Waals surface area contributed by atoms with Crippen molar-refractivity contribution >= 4 is 16.6 Å². The van der Waals surface area contributed by atoms with E-state index < -0.39 is 0 Å². The van der Waals surface area contributed by atoms with Crippen molar-refractivity contribution in [2.24, 2.45) is 4.99 Å². The minimum atomic E-state index is -0.347. The maximum absolute atomic E-state index is 10.7. The van der Waals surface area contributed by atoms with Crippen molar-refractivity contribution in [1.82, 2.24) is 4.98 Å². The zero-order valence-corrected chi connectivity index (χ0v) is 10.5. The topological polar surface area (TPSA) is 80.5 Å². The van der Waals surface area contributed by atoms with Crippen LogP contribution in [0.5, 0.6) is 5.75 Å². The van der Waals surface area contributed by atoms with E-state index in [2.05, 4.69) is 9.98 Å². The number of fused-ring (bicyclic) bond motifs is 3. The first-order chi connectivity index (χ1) is 9.19. The number of rotatable bonds is 3. The Labute approximate surface area is 109 Å². The Morgan fingerprint density at radius 2 is 2.37 bits per heavy atom. The van der Waals surface area contributed by atoms with Gasteiger partial charge < -0.3 is 9.72 Å². The molecule has 6 nitrogen and oxygen atoms in total. The second-order valence-electron chi connectivity index (χ2n) is 4.46. The number of aromatic amines is 1. The van der Waals surface area contributed by atoms with Crippen molar-refractivity contribution in [3.05, 3.63) is 39.6 Å². The van der Waals surface area contributed by atoms with Gasteiger partial charge in [0.2, 0.25) is 6.54 Å². The van der Waals surface area contributed by atoms with Crippen LogP contribution in [0.3, 0.4) is 0 Å². The van der Waals surface area contributed by atoms with E-state index in [4.69, 9.17) is 4.74 Å². The van der Waals surface area contributed by atoms with Crippen molar-refractivity contribution in [3.8, 4) is 5.75 Å². The van der Waals surface area contributed by atoms with Crippen LogP contribution in [0.15, 0.2) is 23.2 Å². The summed E-state index contributed by atoms with van der Waals surface area (Å²) in [6.45, 7) is 0.367. The summed E-state index contributed by atoms with van der Waals surface area (Å²) in [6.07, 6.45) is 0.808. The number of nitro groups is 1. The van der Waals surface area contributed by atoms with Gasteiger partial charge in [0.15, 0.2) is 0 Å². The van der Waals surface area contributed by atoms with Gasteiger partial charge in [0.25, 0.3) is 0 Å². The third-order valence-electron chi connectivity index (χ3n) is 3.35. The van der Waals surface area contributed by atoms with Gasteiger partial charge in [-0.25, -0.2) is 0 Å². The number of nitrogens with one attached hydrogen (secondary N) is 1. The maximum atomic E-state index is 10.7. The molecule has 0 amide bonds. The first-order valence-electron chi connectivity index (χ1n) is 6.03. The van der Waals surface area contributed by atoms with E-state index in [1.54, 1.807) is 7.11 Å². The summed E-state index contributed by atoms with van der Waals surface area (Å²) < 4.78 is 5.19. The molecule has 2 heterocycles. The van der Waals surface area contributed by atoms with Crippen molar-refractivity contribution in [2.75, 3.05) is 20.2 Å². The van der Waals surface area contributed by atoms with Gasteiger partial charge in [0.05, 0.1) is 12.8 Å². The molecule has 1 N–H and O–H groups in total. The van der Waals surface area contributed by atoms with Crippen molar-refractivity contribution in [3.63, 3.8) is 0 Å². The Morgan fingerprint density at radius 3 is 3.11 bits per heavy atom. The van der Waals surface area contributed by atoms with Gasteiger partial charge in [-0.2, -0.15) is 0 Å². The van der Waals surface area contributed by atoms with E-state index in [1.807, 2.05) is 18.2 Å². The molecule has 1 aromatic carbocycles. The molecule has 19 heavy (non-hydrogen) atoms. The highest BCUT2D eigenvalue weighted by Gasteiger charge is 2.22. The number of hydrogen-bond donors (Lipinski definition) is 1. The maximum Gasteiger partial charge on any atom is 0.247 e. The van der Waals surface area contributed by atoms with Crippen LogP contribution < -0.4 is 4.74 Å². The summed E-state index contributed by atoms with van der Waals surface area (Å²) in [7, 11) is 1.61. The molecule has 98 valence electrons. The lowest BCUT2D eigenvalue weighted by molar-refractivity contribution is -0.463. The largest absolute Gasteiger partial charge is 0.497 e. The van der Waals surface area contributed by atoms with Gasteiger partial charge >= 0.3 is 0 Å². The molecule has 1 aliphatic rings. The fourth-order valence-electron chi connectivity index (χ4n) is 2.50. The van der Waals surface area contributed by atoms with Crippen LogP contribution in [-0.2, 0) is 6.42 Å². The molecule has 6 heteroatoms. The molecule has 2 aromatic rings. The third-order valence-corrected chi connectivity index (χ3v) is 3.35. The molecular formula is C13H13N3O3. The second-order valence-corrected chi connectivity index (χ2v) is 4.46. The highest BCUT2D eigenvalue weighted by molar-refractivity contribution is 6.06. The summed E-state index contributed by atoms with van der Waals surface area (Å²) in [5.41, 5.74) is 3.37. The monoisotopic (exact) mass is 259 g/mol. The molecule has 0 fully saturated rings. The zero-order chi connectivity index (χ0) is 13.4. The lowest BCUT2D eigenvalue weighted by Crippen LogP contribution is -2.20. The highest BCUT2D eigenvalue weighted by Crippen LogP contribution is 2.28. The van der Waals surface area contributed by atoms with E-state index in [1.165, 1.54) is 0 Å². The summed E-state index contributed by atoms with van der Waals surface area (Å²) in [6, 6.07) is 5.78. The Bertz CT molecular complexity index is 688. The van der Waals surface area contributed by atoms with Crippen LogP contribution in [0, 0.1) is 10.1 Å². The van der Waals surface area contributed by atoms with Crippen molar-refractivity contribution in [1.29, 1.82) is 0 Å². The Hall–Kier alpha value is -2.37. The molecule has 0 bridgehead atoms. The van der Waals surface area contributed by atoms with Crippen LogP contribution in [0.1, 0.15) is 11.3 Å². The first kappa shape index (κ1) is 11.7. The molecular weight excluding hydrogens is 246 g/mol. The number of hydrogen-bond acceptors (Lipinski definition) is 4. The number of ether oxygens (including phenoxy) is 1. The molecule has 1 aromatic heterocycles. The quantitative estimate of drug-likeness (QED) is 0.674. The number of aliphatic imine (C=N–C) groups is 1. The van der Waals surface area contributed by atoms with Crippen LogP contribution in [-0.4, -0.2) is 35.8 Å². The average molecular weight is 259 g/mol. The molecule has 0 spiro atoms. The Kier molecular flexibility index (Phi) is 2.70. The Morgan fingerprint density at radius 1 is 1.53 bits per heavy atom. The van der Waals surface area contributed by atoms with E-state index in [0.29, 0.717) is 12.3 Å². The van der Waals surface area contributed by atoms with E-state index in [-0.39, 0.29) is 11.5 Å².